The first-order valence-corrected chi connectivity index (χ1v) is 6.51. The summed E-state index contributed by atoms with van der Waals surface area (Å²) in [5, 5.41) is 5.92. The van der Waals surface area contributed by atoms with Crippen molar-refractivity contribution in [1.82, 2.24) is 10.3 Å². The summed E-state index contributed by atoms with van der Waals surface area (Å²) in [6, 6.07) is 3.23. The van der Waals surface area contributed by atoms with Crippen LogP contribution >= 0.6 is 11.3 Å². The van der Waals surface area contributed by atoms with Gasteiger partial charge < -0.3 is 5.32 Å². The number of nitrogens with zero attached hydrogens (tertiary/aromatic N) is 1. The van der Waals surface area contributed by atoms with Crippen molar-refractivity contribution in [3.63, 3.8) is 0 Å². The van der Waals surface area contributed by atoms with Crippen molar-refractivity contribution < 1.29 is 8.78 Å². The van der Waals surface area contributed by atoms with Crippen LogP contribution in [0.5, 0.6) is 0 Å². The number of benzene rings is 1. The van der Waals surface area contributed by atoms with E-state index in [0.29, 0.717) is 12.0 Å². The highest BCUT2D eigenvalue weighted by Gasteiger charge is 2.16. The number of hydrogen-bond acceptors (Lipinski definition) is 3. The molecule has 1 atom stereocenters. The molecule has 2 aromatic rings. The highest BCUT2D eigenvalue weighted by Crippen LogP contribution is 2.22. The molecule has 5 heteroatoms. The molecule has 1 N–H and O–H groups in total. The van der Waals surface area contributed by atoms with Gasteiger partial charge in [0, 0.05) is 23.4 Å². The van der Waals surface area contributed by atoms with E-state index in [9.17, 15) is 8.78 Å². The molecule has 1 heterocycles. The zero-order valence-electron chi connectivity index (χ0n) is 10.2. The van der Waals surface area contributed by atoms with E-state index in [0.717, 1.165) is 22.8 Å². The molecule has 1 aromatic heterocycles. The van der Waals surface area contributed by atoms with Gasteiger partial charge in [0.25, 0.3) is 0 Å². The van der Waals surface area contributed by atoms with Gasteiger partial charge >= 0.3 is 0 Å². The molecule has 0 saturated heterocycles. The van der Waals surface area contributed by atoms with Gasteiger partial charge in [-0.05, 0) is 32.2 Å². The Hall–Kier alpha value is -1.33. The second kappa shape index (κ2) is 5.54. The molecule has 96 valence electrons. The number of aryl methyl sites for hydroxylation is 1. The maximum absolute atomic E-state index is 13.7. The van der Waals surface area contributed by atoms with E-state index in [2.05, 4.69) is 10.3 Å². The summed E-state index contributed by atoms with van der Waals surface area (Å²) in [4.78, 5) is 4.34. The summed E-state index contributed by atoms with van der Waals surface area (Å²) < 4.78 is 26.9. The molecule has 0 aliphatic heterocycles. The van der Waals surface area contributed by atoms with Crippen LogP contribution in [0, 0.1) is 18.6 Å². The zero-order chi connectivity index (χ0) is 13.1. The molecule has 1 aromatic carbocycles. The Morgan fingerprint density at radius 1 is 1.39 bits per heavy atom. The lowest BCUT2D eigenvalue weighted by molar-refractivity contribution is 0.520. The lowest BCUT2D eigenvalue weighted by Crippen LogP contribution is -2.20. The van der Waals surface area contributed by atoms with Crippen LogP contribution in [0.15, 0.2) is 23.6 Å². The first-order valence-electron chi connectivity index (χ1n) is 5.63. The van der Waals surface area contributed by atoms with Gasteiger partial charge in [0.2, 0.25) is 0 Å². The van der Waals surface area contributed by atoms with E-state index in [4.69, 9.17) is 0 Å². The lowest BCUT2D eigenvalue weighted by atomic mass is 10.0. The summed E-state index contributed by atoms with van der Waals surface area (Å²) in [7, 11) is 1.73. The third-order valence-electron chi connectivity index (χ3n) is 2.76. The van der Waals surface area contributed by atoms with Crippen molar-refractivity contribution in [2.45, 2.75) is 19.4 Å². The van der Waals surface area contributed by atoms with Crippen molar-refractivity contribution in [1.29, 1.82) is 0 Å². The number of nitrogens with one attached hydrogen (secondary N) is 1. The minimum absolute atomic E-state index is 0.276. The van der Waals surface area contributed by atoms with Gasteiger partial charge in [-0.2, -0.15) is 0 Å². The summed E-state index contributed by atoms with van der Waals surface area (Å²) >= 11 is 1.55. The molecule has 2 rings (SSSR count). The first kappa shape index (κ1) is 13.1. The van der Waals surface area contributed by atoms with Gasteiger partial charge in [-0.3, -0.25) is 0 Å². The summed E-state index contributed by atoms with van der Waals surface area (Å²) in [5.41, 5.74) is 1.23. The van der Waals surface area contributed by atoms with Crippen molar-refractivity contribution >= 4 is 11.3 Å². The predicted octanol–water partition coefficient (Wildman–Crippen LogP) is 3.23. The topological polar surface area (TPSA) is 24.9 Å². The summed E-state index contributed by atoms with van der Waals surface area (Å²) in [6.45, 7) is 1.92. The summed E-state index contributed by atoms with van der Waals surface area (Å²) in [6.07, 6.45) is 0.543. The lowest BCUT2D eigenvalue weighted by Gasteiger charge is -2.16. The second-order valence-corrected chi connectivity index (χ2v) is 5.13. The van der Waals surface area contributed by atoms with E-state index in [1.165, 1.54) is 6.07 Å². The zero-order valence-corrected chi connectivity index (χ0v) is 11.0. The van der Waals surface area contributed by atoms with Crippen LogP contribution in [0.2, 0.25) is 0 Å². The molecule has 1 unspecified atom stereocenters. The number of thiazole rings is 1. The fourth-order valence-corrected chi connectivity index (χ4v) is 2.49. The molecule has 0 amide bonds. The molecule has 0 saturated carbocycles. The summed E-state index contributed by atoms with van der Waals surface area (Å²) in [5.74, 6) is -0.830. The maximum Gasteiger partial charge on any atom is 0.128 e. The minimum atomic E-state index is -0.430. The Kier molecular flexibility index (Phi) is 4.04. The highest BCUT2D eigenvalue weighted by atomic mass is 32.1. The smallest absolute Gasteiger partial charge is 0.128 e. The Bertz CT molecular complexity index is 540. The minimum Gasteiger partial charge on any atom is -0.313 e. The predicted molar refractivity (Wildman–Crippen MR) is 68.7 cm³/mol. The van der Waals surface area contributed by atoms with Gasteiger partial charge in [-0.15, -0.1) is 11.3 Å². The number of rotatable bonds is 4. The van der Waals surface area contributed by atoms with Crippen LogP contribution in [0.25, 0.3) is 0 Å². The van der Waals surface area contributed by atoms with Gasteiger partial charge in [0.15, 0.2) is 0 Å². The van der Waals surface area contributed by atoms with Crippen LogP contribution < -0.4 is 5.32 Å². The Morgan fingerprint density at radius 3 is 2.78 bits per heavy atom. The third kappa shape index (κ3) is 2.91. The van der Waals surface area contributed by atoms with Crippen LogP contribution in [0.1, 0.15) is 22.3 Å². The fourth-order valence-electron chi connectivity index (χ4n) is 1.86. The van der Waals surface area contributed by atoms with Crippen molar-refractivity contribution in [2.24, 2.45) is 0 Å². The molecular formula is C13H14F2N2S. The van der Waals surface area contributed by atoms with Gasteiger partial charge in [-0.25, -0.2) is 13.8 Å². The van der Waals surface area contributed by atoms with Crippen LogP contribution in [0.4, 0.5) is 8.78 Å². The Labute approximate surface area is 109 Å². The monoisotopic (exact) mass is 268 g/mol. The van der Waals surface area contributed by atoms with Crippen molar-refractivity contribution in [3.05, 3.63) is 51.5 Å². The van der Waals surface area contributed by atoms with E-state index in [-0.39, 0.29) is 6.04 Å². The van der Waals surface area contributed by atoms with Crippen molar-refractivity contribution in [3.8, 4) is 0 Å². The fraction of sp³-hybridized carbons (Fsp3) is 0.308. The largest absolute Gasteiger partial charge is 0.313 e. The van der Waals surface area contributed by atoms with Crippen LogP contribution in [0.3, 0.4) is 0 Å². The molecule has 0 radical (unpaired) electrons. The van der Waals surface area contributed by atoms with Crippen molar-refractivity contribution in [2.75, 3.05) is 7.05 Å². The van der Waals surface area contributed by atoms with E-state index in [1.807, 2.05) is 12.3 Å². The molecule has 0 spiro atoms. The number of aromatic nitrogens is 1. The normalized spacial score (nSPS) is 12.7. The first-order chi connectivity index (χ1) is 8.60. The quantitative estimate of drug-likeness (QED) is 0.921. The highest BCUT2D eigenvalue weighted by molar-refractivity contribution is 7.09. The standard InChI is InChI=1S/C13H14F2N2S/c1-8-17-10(7-18-8)6-13(16-2)11-5-9(14)3-4-12(11)15/h3-5,7,13,16H,6H2,1-2H3. The maximum atomic E-state index is 13.7. The van der Waals surface area contributed by atoms with Gasteiger partial charge in [0.05, 0.1) is 10.7 Å². The van der Waals surface area contributed by atoms with E-state index in [1.54, 1.807) is 18.4 Å². The SMILES string of the molecule is CNC(Cc1csc(C)n1)c1cc(F)ccc1F. The Balaban J connectivity index is 2.25. The third-order valence-corrected chi connectivity index (χ3v) is 3.58. The van der Waals surface area contributed by atoms with E-state index < -0.39 is 11.6 Å². The average Bonchev–Trinajstić information content (AvgIpc) is 2.75. The molecule has 0 bridgehead atoms. The molecule has 0 aliphatic carbocycles. The Morgan fingerprint density at radius 2 is 2.17 bits per heavy atom. The number of hydrogen-bond donors (Lipinski definition) is 1. The van der Waals surface area contributed by atoms with Gasteiger partial charge in [0.1, 0.15) is 11.6 Å². The number of halogens is 2. The average molecular weight is 268 g/mol. The van der Waals surface area contributed by atoms with Gasteiger partial charge in [-0.1, -0.05) is 0 Å². The molecule has 18 heavy (non-hydrogen) atoms. The molecular weight excluding hydrogens is 254 g/mol. The molecule has 0 aliphatic rings. The second-order valence-electron chi connectivity index (χ2n) is 4.07. The molecule has 0 fully saturated rings. The number of likely N-dealkylation sites (N-methyl/N-ethyl adjacent to an activating group) is 1. The van der Waals surface area contributed by atoms with Crippen LogP contribution in [-0.2, 0) is 6.42 Å². The molecule has 2 nitrogen and oxygen atoms in total. The van der Waals surface area contributed by atoms with Crippen LogP contribution in [-0.4, -0.2) is 12.0 Å². The van der Waals surface area contributed by atoms with E-state index >= 15 is 0 Å².